The number of carbonyl (C=O) groups is 1. The molecule has 1 fully saturated rings. The highest BCUT2D eigenvalue weighted by atomic mass is 32.2. The van der Waals surface area contributed by atoms with Crippen molar-refractivity contribution in [1.82, 2.24) is 4.90 Å². The first-order valence-corrected chi connectivity index (χ1v) is 10.0. The van der Waals surface area contributed by atoms with Crippen molar-refractivity contribution in [3.8, 4) is 0 Å². The Balaban J connectivity index is 1.80. The van der Waals surface area contributed by atoms with Crippen LogP contribution in [0.5, 0.6) is 0 Å². The highest BCUT2D eigenvalue weighted by molar-refractivity contribution is 8.00. The minimum Gasteiger partial charge on any atom is -0.341 e. The van der Waals surface area contributed by atoms with Crippen LogP contribution in [0.2, 0.25) is 0 Å². The van der Waals surface area contributed by atoms with Gasteiger partial charge in [0.15, 0.2) is 11.6 Å². The maximum atomic E-state index is 13.6. The molecule has 2 atom stereocenters. The number of thioether (sulfide) groups is 1. The van der Waals surface area contributed by atoms with Gasteiger partial charge < -0.3 is 10.6 Å². The summed E-state index contributed by atoms with van der Waals surface area (Å²) in [6, 6.07) is 13.3. The molecular formula is C21H24F2N2OS. The Morgan fingerprint density at radius 2 is 1.78 bits per heavy atom. The lowest BCUT2D eigenvalue weighted by atomic mass is 9.90. The average molecular weight is 390 g/mol. The van der Waals surface area contributed by atoms with E-state index < -0.39 is 16.9 Å². The Hall–Kier alpha value is -1.92. The summed E-state index contributed by atoms with van der Waals surface area (Å²) in [5.41, 5.74) is 6.85. The van der Waals surface area contributed by atoms with Gasteiger partial charge in [-0.25, -0.2) is 8.78 Å². The Morgan fingerprint density at radius 1 is 1.11 bits per heavy atom. The first-order chi connectivity index (χ1) is 13.0. The summed E-state index contributed by atoms with van der Waals surface area (Å²) in [5, 5.41) is -0.497. The number of carbonyl (C=O) groups excluding carboxylic acids is 1. The fourth-order valence-electron chi connectivity index (χ4n) is 3.39. The molecule has 1 saturated heterocycles. The number of hydrogen-bond acceptors (Lipinski definition) is 3. The van der Waals surface area contributed by atoms with Gasteiger partial charge in [-0.15, -0.1) is 11.8 Å². The molecule has 2 aromatic rings. The monoisotopic (exact) mass is 390 g/mol. The number of piperidine rings is 1. The van der Waals surface area contributed by atoms with Gasteiger partial charge in [-0.1, -0.05) is 30.3 Å². The van der Waals surface area contributed by atoms with Crippen molar-refractivity contribution in [2.45, 2.75) is 36.0 Å². The van der Waals surface area contributed by atoms with E-state index in [1.807, 2.05) is 42.2 Å². The SMILES string of the molecule is CC(N)C1CCN(C(=O)C(Sc2ccc(F)c(F)c2)c2ccccc2)CC1. The lowest BCUT2D eigenvalue weighted by Crippen LogP contribution is -2.43. The third kappa shape index (κ3) is 4.87. The first-order valence-electron chi connectivity index (χ1n) is 9.16. The minimum atomic E-state index is -0.906. The van der Waals surface area contributed by atoms with E-state index in [0.717, 1.165) is 30.5 Å². The maximum absolute atomic E-state index is 13.6. The van der Waals surface area contributed by atoms with Crippen LogP contribution in [0.3, 0.4) is 0 Å². The molecule has 3 nitrogen and oxygen atoms in total. The molecule has 0 spiro atoms. The van der Waals surface area contributed by atoms with Gasteiger partial charge in [0.1, 0.15) is 5.25 Å². The zero-order valence-corrected chi connectivity index (χ0v) is 16.1. The zero-order chi connectivity index (χ0) is 19.4. The van der Waals surface area contributed by atoms with Crippen molar-refractivity contribution in [2.75, 3.05) is 13.1 Å². The van der Waals surface area contributed by atoms with Crippen LogP contribution in [-0.4, -0.2) is 29.9 Å². The molecule has 2 aromatic carbocycles. The Morgan fingerprint density at radius 3 is 2.37 bits per heavy atom. The summed E-state index contributed by atoms with van der Waals surface area (Å²) in [4.78, 5) is 15.6. The van der Waals surface area contributed by atoms with Crippen LogP contribution in [0.15, 0.2) is 53.4 Å². The Bertz CT molecular complexity index is 777. The molecule has 0 aliphatic carbocycles. The van der Waals surface area contributed by atoms with Crippen molar-refractivity contribution in [2.24, 2.45) is 11.7 Å². The van der Waals surface area contributed by atoms with Gasteiger partial charge in [-0.2, -0.15) is 0 Å². The van der Waals surface area contributed by atoms with Crippen molar-refractivity contribution >= 4 is 17.7 Å². The fourth-order valence-corrected chi connectivity index (χ4v) is 4.52. The molecule has 6 heteroatoms. The third-order valence-electron chi connectivity index (χ3n) is 5.07. The van der Waals surface area contributed by atoms with Crippen LogP contribution in [-0.2, 0) is 4.79 Å². The van der Waals surface area contributed by atoms with Gasteiger partial charge in [0.2, 0.25) is 5.91 Å². The first kappa shape index (κ1) is 19.8. The van der Waals surface area contributed by atoms with Crippen LogP contribution in [0, 0.1) is 17.6 Å². The van der Waals surface area contributed by atoms with Gasteiger partial charge in [-0.3, -0.25) is 4.79 Å². The quantitative estimate of drug-likeness (QED) is 0.771. The molecule has 1 aliphatic heterocycles. The van der Waals surface area contributed by atoms with Crippen molar-refractivity contribution in [1.29, 1.82) is 0 Å². The van der Waals surface area contributed by atoms with Gasteiger partial charge in [-0.05, 0) is 49.4 Å². The maximum Gasteiger partial charge on any atom is 0.240 e. The number of hydrogen-bond donors (Lipinski definition) is 1. The van der Waals surface area contributed by atoms with Gasteiger partial charge in [0.25, 0.3) is 0 Å². The number of benzene rings is 2. The van der Waals surface area contributed by atoms with Gasteiger partial charge >= 0.3 is 0 Å². The average Bonchev–Trinajstić information content (AvgIpc) is 2.69. The number of nitrogens with two attached hydrogens (primary N) is 1. The summed E-state index contributed by atoms with van der Waals surface area (Å²) in [7, 11) is 0. The van der Waals surface area contributed by atoms with Crippen LogP contribution in [0.1, 0.15) is 30.6 Å². The molecule has 1 aliphatic rings. The van der Waals surface area contributed by atoms with Crippen LogP contribution in [0.4, 0.5) is 8.78 Å². The van der Waals surface area contributed by atoms with Crippen molar-refractivity contribution in [3.63, 3.8) is 0 Å². The molecule has 3 rings (SSSR count). The largest absolute Gasteiger partial charge is 0.341 e. The normalized spacial score (nSPS) is 17.6. The van der Waals surface area contributed by atoms with E-state index in [4.69, 9.17) is 5.73 Å². The molecule has 27 heavy (non-hydrogen) atoms. The summed E-state index contributed by atoms with van der Waals surface area (Å²) in [6.07, 6.45) is 1.78. The van der Waals surface area contributed by atoms with Crippen molar-refractivity contribution in [3.05, 3.63) is 65.7 Å². The predicted octanol–water partition coefficient (Wildman–Crippen LogP) is 4.38. The van der Waals surface area contributed by atoms with Crippen LogP contribution in [0.25, 0.3) is 0 Å². The predicted molar refractivity (Wildman–Crippen MR) is 104 cm³/mol. The lowest BCUT2D eigenvalue weighted by molar-refractivity contribution is -0.132. The molecule has 0 aromatic heterocycles. The standard InChI is InChI=1S/C21H24F2N2OS/c1-14(24)15-9-11-25(12-10-15)21(26)20(16-5-3-2-4-6-16)27-17-7-8-18(22)19(23)13-17/h2-8,13-15,20H,9-12,24H2,1H3. The molecule has 1 heterocycles. The highest BCUT2D eigenvalue weighted by Crippen LogP contribution is 2.38. The van der Waals surface area contributed by atoms with E-state index in [-0.39, 0.29) is 11.9 Å². The molecule has 2 unspecified atom stereocenters. The highest BCUT2D eigenvalue weighted by Gasteiger charge is 2.31. The molecule has 0 bridgehead atoms. The summed E-state index contributed by atoms with van der Waals surface area (Å²) in [6.45, 7) is 3.35. The van der Waals surface area contributed by atoms with E-state index in [1.165, 1.54) is 17.8 Å². The summed E-state index contributed by atoms with van der Waals surface area (Å²) in [5.74, 6) is -1.36. The fraction of sp³-hybridized carbons (Fsp3) is 0.381. The summed E-state index contributed by atoms with van der Waals surface area (Å²) < 4.78 is 26.9. The second-order valence-corrected chi connectivity index (χ2v) is 8.18. The minimum absolute atomic E-state index is 0.000873. The zero-order valence-electron chi connectivity index (χ0n) is 15.3. The Labute approximate surface area is 162 Å². The molecule has 2 N–H and O–H groups in total. The molecule has 0 radical (unpaired) electrons. The second-order valence-electron chi connectivity index (χ2n) is 7.01. The Kier molecular flexibility index (Phi) is 6.50. The molecule has 0 saturated carbocycles. The number of amides is 1. The van der Waals surface area contributed by atoms with Gasteiger partial charge in [0.05, 0.1) is 0 Å². The lowest BCUT2D eigenvalue weighted by Gasteiger charge is -2.35. The van der Waals surface area contributed by atoms with Crippen LogP contribution < -0.4 is 5.73 Å². The van der Waals surface area contributed by atoms with Crippen LogP contribution >= 0.6 is 11.8 Å². The number of halogens is 2. The van der Waals surface area contributed by atoms with Crippen molar-refractivity contribution < 1.29 is 13.6 Å². The number of rotatable bonds is 5. The van der Waals surface area contributed by atoms with E-state index in [1.54, 1.807) is 0 Å². The van der Waals surface area contributed by atoms with E-state index in [9.17, 15) is 13.6 Å². The third-order valence-corrected chi connectivity index (χ3v) is 6.30. The smallest absolute Gasteiger partial charge is 0.240 e. The second kappa shape index (κ2) is 8.85. The van der Waals surface area contributed by atoms with E-state index >= 15 is 0 Å². The number of likely N-dealkylation sites (tertiary alicyclic amines) is 1. The molecule has 1 amide bonds. The molecule has 144 valence electrons. The molecular weight excluding hydrogens is 366 g/mol. The summed E-state index contributed by atoms with van der Waals surface area (Å²) >= 11 is 1.25. The number of nitrogens with zero attached hydrogens (tertiary/aromatic N) is 1. The van der Waals surface area contributed by atoms with Gasteiger partial charge in [0, 0.05) is 24.0 Å². The topological polar surface area (TPSA) is 46.3 Å². The van der Waals surface area contributed by atoms with E-state index in [2.05, 4.69) is 0 Å². The van der Waals surface area contributed by atoms with E-state index in [0.29, 0.717) is 23.9 Å².